The molecule has 84 valence electrons. The van der Waals surface area contributed by atoms with Gasteiger partial charge in [-0.25, -0.2) is 9.97 Å². The van der Waals surface area contributed by atoms with Crippen molar-refractivity contribution in [3.63, 3.8) is 0 Å². The fraction of sp³-hybridized carbons (Fsp3) is 0.111. The van der Waals surface area contributed by atoms with Crippen molar-refractivity contribution in [2.24, 2.45) is 0 Å². The molecule has 2 heterocycles. The molecule has 0 saturated carbocycles. The molecule has 0 aliphatic rings. The van der Waals surface area contributed by atoms with Gasteiger partial charge in [0, 0.05) is 11.6 Å². The maximum absolute atomic E-state index is 12.4. The van der Waals surface area contributed by atoms with Crippen LogP contribution in [0.15, 0.2) is 22.8 Å². The highest BCUT2D eigenvalue weighted by molar-refractivity contribution is 9.10. The Labute approximate surface area is 102 Å². The van der Waals surface area contributed by atoms with Crippen LogP contribution in [-0.4, -0.2) is 9.97 Å². The summed E-state index contributed by atoms with van der Waals surface area (Å²) in [4.78, 5) is 7.31. The molecule has 2 aromatic heterocycles. The number of halogens is 5. The van der Waals surface area contributed by atoms with Crippen LogP contribution in [0.5, 0.6) is 0 Å². The number of nitrogens with zero attached hydrogens (tertiary/aromatic N) is 2. The minimum atomic E-state index is -4.47. The molecular weight excluding hydrogens is 308 g/mol. The molecule has 0 amide bonds. The molecule has 0 N–H and O–H groups in total. The summed E-state index contributed by atoms with van der Waals surface area (Å²) < 4.78 is 37.6. The number of aromatic nitrogens is 2. The van der Waals surface area contributed by atoms with E-state index in [0.717, 1.165) is 6.07 Å². The molecule has 0 unspecified atom stereocenters. The molecule has 0 spiro atoms. The molecule has 0 atom stereocenters. The number of pyridine rings is 2. The van der Waals surface area contributed by atoms with E-state index < -0.39 is 11.9 Å². The van der Waals surface area contributed by atoms with Crippen LogP contribution in [0.1, 0.15) is 5.69 Å². The summed E-state index contributed by atoms with van der Waals surface area (Å²) in [6.07, 6.45) is -3.15. The minimum absolute atomic E-state index is 0.124. The predicted molar refractivity (Wildman–Crippen MR) is 57.2 cm³/mol. The molecule has 16 heavy (non-hydrogen) atoms. The van der Waals surface area contributed by atoms with Gasteiger partial charge in [-0.2, -0.15) is 13.2 Å². The number of hydrogen-bond donors (Lipinski definition) is 0. The van der Waals surface area contributed by atoms with Crippen molar-refractivity contribution in [2.75, 3.05) is 0 Å². The van der Waals surface area contributed by atoms with Crippen LogP contribution < -0.4 is 0 Å². The van der Waals surface area contributed by atoms with E-state index >= 15 is 0 Å². The molecular formula is C9H3BrClF3N2. The molecule has 2 rings (SSSR count). The highest BCUT2D eigenvalue weighted by atomic mass is 79.9. The topological polar surface area (TPSA) is 25.8 Å². The zero-order valence-corrected chi connectivity index (χ0v) is 9.86. The SMILES string of the molecule is FC(F)(F)c1ccc2c(Cl)ncc(Br)c2n1. The van der Waals surface area contributed by atoms with Gasteiger partial charge in [0.05, 0.1) is 9.99 Å². The van der Waals surface area contributed by atoms with Crippen molar-refractivity contribution in [3.8, 4) is 0 Å². The van der Waals surface area contributed by atoms with Crippen molar-refractivity contribution < 1.29 is 13.2 Å². The van der Waals surface area contributed by atoms with Gasteiger partial charge < -0.3 is 0 Å². The smallest absolute Gasteiger partial charge is 0.243 e. The normalized spacial score (nSPS) is 12.1. The van der Waals surface area contributed by atoms with Crippen LogP contribution in [-0.2, 0) is 6.18 Å². The summed E-state index contributed by atoms with van der Waals surface area (Å²) in [5.41, 5.74) is -0.808. The number of hydrogen-bond acceptors (Lipinski definition) is 2. The van der Waals surface area contributed by atoms with E-state index in [9.17, 15) is 13.2 Å². The van der Waals surface area contributed by atoms with Gasteiger partial charge in [0.2, 0.25) is 0 Å². The van der Waals surface area contributed by atoms with E-state index in [2.05, 4.69) is 25.9 Å². The van der Waals surface area contributed by atoms with Crippen molar-refractivity contribution in [3.05, 3.63) is 33.6 Å². The fourth-order valence-corrected chi connectivity index (χ4v) is 1.82. The lowest BCUT2D eigenvalue weighted by atomic mass is 10.2. The molecule has 7 heteroatoms. The summed E-state index contributed by atoms with van der Waals surface area (Å²) in [6, 6.07) is 2.13. The van der Waals surface area contributed by atoms with Gasteiger partial charge in [-0.1, -0.05) is 11.6 Å². The van der Waals surface area contributed by atoms with E-state index in [0.29, 0.717) is 9.86 Å². The lowest BCUT2D eigenvalue weighted by Gasteiger charge is -2.07. The summed E-state index contributed by atoms with van der Waals surface area (Å²) in [5.74, 6) is 0. The number of fused-ring (bicyclic) bond motifs is 1. The Morgan fingerprint density at radius 1 is 1.25 bits per heavy atom. The Morgan fingerprint density at radius 2 is 1.94 bits per heavy atom. The highest BCUT2D eigenvalue weighted by Crippen LogP contribution is 2.32. The standard InChI is InChI=1S/C9H3BrClF3N2/c10-5-3-15-8(11)4-1-2-6(9(12,13)14)16-7(4)5/h1-3H. The molecule has 0 bridgehead atoms. The summed E-state index contributed by atoms with van der Waals surface area (Å²) in [7, 11) is 0. The average molecular weight is 311 g/mol. The van der Waals surface area contributed by atoms with Gasteiger partial charge >= 0.3 is 6.18 Å². The van der Waals surface area contributed by atoms with E-state index in [1.165, 1.54) is 12.3 Å². The first kappa shape index (κ1) is 11.6. The second-order valence-electron chi connectivity index (χ2n) is 2.99. The molecule has 0 aromatic carbocycles. The van der Waals surface area contributed by atoms with Gasteiger partial charge in [0.1, 0.15) is 10.8 Å². The zero-order chi connectivity index (χ0) is 11.9. The molecule has 2 aromatic rings. The Balaban J connectivity index is 2.76. The summed E-state index contributed by atoms with van der Waals surface area (Å²) >= 11 is 8.82. The van der Waals surface area contributed by atoms with Crippen LogP contribution in [0.2, 0.25) is 5.15 Å². The van der Waals surface area contributed by atoms with Crippen molar-refractivity contribution in [1.82, 2.24) is 9.97 Å². The van der Waals surface area contributed by atoms with Gasteiger partial charge in [-0.15, -0.1) is 0 Å². The third-order valence-electron chi connectivity index (χ3n) is 1.93. The lowest BCUT2D eigenvalue weighted by molar-refractivity contribution is -0.140. The Hall–Kier alpha value is -0.880. The Kier molecular flexibility index (Phi) is 2.79. The zero-order valence-electron chi connectivity index (χ0n) is 7.52. The van der Waals surface area contributed by atoms with Crippen LogP contribution in [0.4, 0.5) is 13.2 Å². The quantitative estimate of drug-likeness (QED) is 0.686. The second kappa shape index (κ2) is 3.85. The minimum Gasteiger partial charge on any atom is -0.243 e. The fourth-order valence-electron chi connectivity index (χ4n) is 1.21. The monoisotopic (exact) mass is 310 g/mol. The van der Waals surface area contributed by atoms with Gasteiger partial charge in [0.15, 0.2) is 0 Å². The Morgan fingerprint density at radius 3 is 2.56 bits per heavy atom. The van der Waals surface area contributed by atoms with E-state index in [1.807, 2.05) is 0 Å². The highest BCUT2D eigenvalue weighted by Gasteiger charge is 2.32. The maximum atomic E-state index is 12.4. The molecule has 0 saturated heterocycles. The van der Waals surface area contributed by atoms with Crippen molar-refractivity contribution in [2.45, 2.75) is 6.18 Å². The van der Waals surface area contributed by atoms with Crippen LogP contribution in [0, 0.1) is 0 Å². The summed E-state index contributed by atoms with van der Waals surface area (Å²) in [5, 5.41) is 0.503. The van der Waals surface area contributed by atoms with Crippen LogP contribution in [0.3, 0.4) is 0 Å². The van der Waals surface area contributed by atoms with Crippen molar-refractivity contribution in [1.29, 1.82) is 0 Å². The van der Waals surface area contributed by atoms with Crippen LogP contribution in [0.25, 0.3) is 10.9 Å². The largest absolute Gasteiger partial charge is 0.433 e. The molecule has 0 fully saturated rings. The van der Waals surface area contributed by atoms with Crippen molar-refractivity contribution >= 4 is 38.4 Å². The van der Waals surface area contributed by atoms with Gasteiger partial charge in [0.25, 0.3) is 0 Å². The first-order valence-electron chi connectivity index (χ1n) is 4.07. The molecule has 0 aliphatic carbocycles. The molecule has 0 radical (unpaired) electrons. The lowest BCUT2D eigenvalue weighted by Crippen LogP contribution is -2.07. The van der Waals surface area contributed by atoms with E-state index in [-0.39, 0.29) is 10.7 Å². The van der Waals surface area contributed by atoms with Gasteiger partial charge in [-0.3, -0.25) is 0 Å². The first-order chi connectivity index (χ1) is 7.39. The van der Waals surface area contributed by atoms with E-state index in [1.54, 1.807) is 0 Å². The molecule has 2 nitrogen and oxygen atoms in total. The maximum Gasteiger partial charge on any atom is 0.433 e. The second-order valence-corrected chi connectivity index (χ2v) is 4.20. The predicted octanol–water partition coefficient (Wildman–Crippen LogP) is 4.06. The third kappa shape index (κ3) is 1.99. The van der Waals surface area contributed by atoms with Gasteiger partial charge in [-0.05, 0) is 28.1 Å². The number of rotatable bonds is 0. The Bertz CT molecular complexity index is 556. The number of alkyl halides is 3. The average Bonchev–Trinajstić information content (AvgIpc) is 2.22. The third-order valence-corrected chi connectivity index (χ3v) is 2.81. The van der Waals surface area contributed by atoms with Crippen LogP contribution >= 0.6 is 27.5 Å². The first-order valence-corrected chi connectivity index (χ1v) is 5.24. The van der Waals surface area contributed by atoms with E-state index in [4.69, 9.17) is 11.6 Å². The summed E-state index contributed by atoms with van der Waals surface area (Å²) in [6.45, 7) is 0. The molecule has 0 aliphatic heterocycles.